The van der Waals surface area contributed by atoms with Gasteiger partial charge in [-0.2, -0.15) is 0 Å². The smallest absolute Gasteiger partial charge is 0.0243 e. The third kappa shape index (κ3) is 4.05. The van der Waals surface area contributed by atoms with E-state index in [0.29, 0.717) is 6.04 Å². The Labute approximate surface area is 118 Å². The lowest BCUT2D eigenvalue weighted by Gasteiger charge is -2.31. The Hall–Kier alpha value is -0.860. The van der Waals surface area contributed by atoms with Crippen LogP contribution < -0.4 is 5.32 Å². The highest BCUT2D eigenvalue weighted by molar-refractivity contribution is 5.25. The van der Waals surface area contributed by atoms with Gasteiger partial charge in [-0.25, -0.2) is 0 Å². The predicted octanol–water partition coefficient (Wildman–Crippen LogP) is 3.21. The molecule has 2 rings (SSSR count). The molecule has 1 saturated heterocycles. The molecule has 0 aliphatic carbocycles. The van der Waals surface area contributed by atoms with Crippen LogP contribution in [0.2, 0.25) is 0 Å². The van der Waals surface area contributed by atoms with Crippen molar-refractivity contribution in [2.75, 3.05) is 19.6 Å². The van der Waals surface area contributed by atoms with E-state index in [0.717, 1.165) is 19.0 Å². The summed E-state index contributed by atoms with van der Waals surface area (Å²) < 4.78 is 0. The summed E-state index contributed by atoms with van der Waals surface area (Å²) in [7, 11) is 0. The molecule has 1 aromatic carbocycles. The van der Waals surface area contributed by atoms with E-state index < -0.39 is 0 Å². The van der Waals surface area contributed by atoms with Crippen LogP contribution in [0.25, 0.3) is 0 Å². The second-order valence-corrected chi connectivity index (χ2v) is 6.11. The largest absolute Gasteiger partial charge is 0.311 e. The molecule has 1 aliphatic rings. The van der Waals surface area contributed by atoms with Crippen molar-refractivity contribution in [3.63, 3.8) is 0 Å². The topological polar surface area (TPSA) is 15.3 Å². The fourth-order valence-electron chi connectivity index (χ4n) is 3.02. The molecule has 0 bridgehead atoms. The van der Waals surface area contributed by atoms with Gasteiger partial charge in [-0.05, 0) is 49.9 Å². The van der Waals surface area contributed by atoms with Crippen molar-refractivity contribution in [2.24, 2.45) is 5.92 Å². The van der Waals surface area contributed by atoms with Gasteiger partial charge in [0.1, 0.15) is 0 Å². The number of likely N-dealkylation sites (tertiary alicyclic amines) is 1. The van der Waals surface area contributed by atoms with Crippen molar-refractivity contribution < 1.29 is 0 Å². The fourth-order valence-corrected chi connectivity index (χ4v) is 3.02. The number of hydrogen-bond donors (Lipinski definition) is 1. The maximum Gasteiger partial charge on any atom is 0.0243 e. The standard InChI is InChI=1S/C17H28N2/c1-14(2)17(19-10-6-7-11-19)13-18-12-16-9-5-4-8-15(16)3/h4-5,8-9,14,17-18H,6-7,10-13H2,1-3H3. The molecule has 19 heavy (non-hydrogen) atoms. The van der Waals surface area contributed by atoms with E-state index in [-0.39, 0.29) is 0 Å². The summed E-state index contributed by atoms with van der Waals surface area (Å²) in [6.45, 7) is 11.5. The molecule has 0 radical (unpaired) electrons. The Balaban J connectivity index is 1.84. The molecule has 1 fully saturated rings. The lowest BCUT2D eigenvalue weighted by molar-refractivity contribution is 0.186. The van der Waals surface area contributed by atoms with Gasteiger partial charge in [0.2, 0.25) is 0 Å². The fraction of sp³-hybridized carbons (Fsp3) is 0.647. The van der Waals surface area contributed by atoms with Crippen LogP contribution >= 0.6 is 0 Å². The van der Waals surface area contributed by atoms with Gasteiger partial charge in [0.05, 0.1) is 0 Å². The van der Waals surface area contributed by atoms with Gasteiger partial charge in [0, 0.05) is 19.1 Å². The average Bonchev–Trinajstić information content (AvgIpc) is 2.89. The molecule has 106 valence electrons. The van der Waals surface area contributed by atoms with Crippen molar-refractivity contribution in [1.29, 1.82) is 0 Å². The molecule has 2 heteroatoms. The highest BCUT2D eigenvalue weighted by Gasteiger charge is 2.23. The Kier molecular flexibility index (Phi) is 5.41. The molecule has 1 unspecified atom stereocenters. The summed E-state index contributed by atoms with van der Waals surface area (Å²) >= 11 is 0. The van der Waals surface area contributed by atoms with Crippen LogP contribution in [0.3, 0.4) is 0 Å². The normalized spacial score (nSPS) is 18.1. The molecule has 0 saturated carbocycles. The van der Waals surface area contributed by atoms with Crippen molar-refractivity contribution >= 4 is 0 Å². The number of nitrogens with zero attached hydrogens (tertiary/aromatic N) is 1. The van der Waals surface area contributed by atoms with E-state index in [1.807, 2.05) is 0 Å². The first-order valence-corrected chi connectivity index (χ1v) is 7.67. The zero-order chi connectivity index (χ0) is 13.7. The lowest BCUT2D eigenvalue weighted by atomic mass is 10.0. The monoisotopic (exact) mass is 260 g/mol. The van der Waals surface area contributed by atoms with Crippen molar-refractivity contribution in [3.8, 4) is 0 Å². The number of hydrogen-bond acceptors (Lipinski definition) is 2. The SMILES string of the molecule is Cc1ccccc1CNCC(C(C)C)N1CCCC1. The van der Waals surface area contributed by atoms with E-state index in [1.165, 1.54) is 37.1 Å². The van der Waals surface area contributed by atoms with E-state index in [1.54, 1.807) is 0 Å². The summed E-state index contributed by atoms with van der Waals surface area (Å²) in [5.74, 6) is 0.725. The van der Waals surface area contributed by atoms with Gasteiger partial charge in [0.25, 0.3) is 0 Å². The molecule has 1 aromatic rings. The van der Waals surface area contributed by atoms with E-state index in [4.69, 9.17) is 0 Å². The van der Waals surface area contributed by atoms with Gasteiger partial charge in [-0.15, -0.1) is 0 Å². The van der Waals surface area contributed by atoms with Crippen molar-refractivity contribution in [3.05, 3.63) is 35.4 Å². The minimum Gasteiger partial charge on any atom is -0.311 e. The second kappa shape index (κ2) is 7.06. The minimum absolute atomic E-state index is 0.687. The summed E-state index contributed by atoms with van der Waals surface area (Å²) in [5.41, 5.74) is 2.81. The van der Waals surface area contributed by atoms with Crippen LogP contribution in [-0.2, 0) is 6.54 Å². The summed E-state index contributed by atoms with van der Waals surface area (Å²) in [6, 6.07) is 9.34. The van der Waals surface area contributed by atoms with Gasteiger partial charge < -0.3 is 5.32 Å². The highest BCUT2D eigenvalue weighted by atomic mass is 15.2. The first-order chi connectivity index (χ1) is 9.18. The van der Waals surface area contributed by atoms with Crippen LogP contribution in [0.15, 0.2) is 24.3 Å². The van der Waals surface area contributed by atoms with E-state index in [9.17, 15) is 0 Å². The van der Waals surface area contributed by atoms with Crippen molar-refractivity contribution in [2.45, 2.75) is 46.2 Å². The maximum atomic E-state index is 3.66. The maximum absolute atomic E-state index is 3.66. The summed E-state index contributed by atoms with van der Waals surface area (Å²) in [4.78, 5) is 2.66. The molecule has 1 atom stereocenters. The number of aryl methyl sites for hydroxylation is 1. The third-order valence-electron chi connectivity index (χ3n) is 4.31. The number of benzene rings is 1. The van der Waals surface area contributed by atoms with Crippen molar-refractivity contribution in [1.82, 2.24) is 10.2 Å². The zero-order valence-electron chi connectivity index (χ0n) is 12.7. The minimum atomic E-state index is 0.687. The first-order valence-electron chi connectivity index (χ1n) is 7.67. The lowest BCUT2D eigenvalue weighted by Crippen LogP contribution is -2.44. The number of rotatable bonds is 6. The zero-order valence-corrected chi connectivity index (χ0v) is 12.7. The van der Waals surface area contributed by atoms with E-state index in [2.05, 4.69) is 55.3 Å². The molecule has 1 heterocycles. The molecule has 1 N–H and O–H groups in total. The van der Waals surface area contributed by atoms with Crippen LogP contribution in [-0.4, -0.2) is 30.6 Å². The van der Waals surface area contributed by atoms with Crippen LogP contribution in [0.5, 0.6) is 0 Å². The molecular formula is C17H28N2. The molecule has 1 aliphatic heterocycles. The predicted molar refractivity (Wildman–Crippen MR) is 82.3 cm³/mol. The van der Waals surface area contributed by atoms with Crippen LogP contribution in [0.1, 0.15) is 37.8 Å². The Morgan fingerprint density at radius 2 is 1.84 bits per heavy atom. The van der Waals surface area contributed by atoms with Gasteiger partial charge in [-0.3, -0.25) is 4.90 Å². The molecule has 2 nitrogen and oxygen atoms in total. The number of nitrogens with one attached hydrogen (secondary N) is 1. The molecule has 0 amide bonds. The average molecular weight is 260 g/mol. The van der Waals surface area contributed by atoms with Crippen LogP contribution in [0, 0.1) is 12.8 Å². The third-order valence-corrected chi connectivity index (χ3v) is 4.31. The molecular weight excluding hydrogens is 232 g/mol. The Morgan fingerprint density at radius 1 is 1.16 bits per heavy atom. The molecule has 0 spiro atoms. The Morgan fingerprint density at radius 3 is 2.47 bits per heavy atom. The summed E-state index contributed by atoms with van der Waals surface area (Å²) in [5, 5.41) is 3.66. The summed E-state index contributed by atoms with van der Waals surface area (Å²) in [6.07, 6.45) is 2.75. The highest BCUT2D eigenvalue weighted by Crippen LogP contribution is 2.17. The second-order valence-electron chi connectivity index (χ2n) is 6.11. The molecule has 0 aromatic heterocycles. The van der Waals surface area contributed by atoms with Crippen LogP contribution in [0.4, 0.5) is 0 Å². The first kappa shape index (κ1) is 14.5. The van der Waals surface area contributed by atoms with Gasteiger partial charge >= 0.3 is 0 Å². The quantitative estimate of drug-likeness (QED) is 0.845. The van der Waals surface area contributed by atoms with E-state index >= 15 is 0 Å². The Bertz CT molecular complexity index is 381. The van der Waals surface area contributed by atoms with Gasteiger partial charge in [-0.1, -0.05) is 38.1 Å². The van der Waals surface area contributed by atoms with Gasteiger partial charge in [0.15, 0.2) is 0 Å².